The van der Waals surface area contributed by atoms with Crippen LogP contribution in [0.25, 0.3) is 28.2 Å². The summed E-state index contributed by atoms with van der Waals surface area (Å²) in [4.78, 5) is 23.2. The molecule has 1 N–H and O–H groups in total. The van der Waals surface area contributed by atoms with Crippen molar-refractivity contribution >= 4 is 23.1 Å². The summed E-state index contributed by atoms with van der Waals surface area (Å²) in [6.45, 7) is 0.671. The van der Waals surface area contributed by atoms with Gasteiger partial charge in [0.25, 0.3) is 0 Å². The number of halogens is 1. The normalized spacial score (nSPS) is 15.9. The van der Waals surface area contributed by atoms with E-state index in [1.807, 2.05) is 64.0 Å². The van der Waals surface area contributed by atoms with Crippen molar-refractivity contribution in [3.63, 3.8) is 0 Å². The van der Waals surface area contributed by atoms with Gasteiger partial charge >= 0.3 is 0 Å². The Balaban J connectivity index is 1.59. The van der Waals surface area contributed by atoms with E-state index >= 15 is 0 Å². The van der Waals surface area contributed by atoms with Crippen LogP contribution in [0, 0.1) is 0 Å². The molecule has 4 aromatic rings. The number of amides is 1. The van der Waals surface area contributed by atoms with Crippen LogP contribution >= 0.6 is 0 Å². The lowest BCUT2D eigenvalue weighted by Crippen LogP contribution is -2.49. The van der Waals surface area contributed by atoms with Crippen LogP contribution in [0.3, 0.4) is 0 Å². The fourth-order valence-electron chi connectivity index (χ4n) is 4.23. The third-order valence-electron chi connectivity index (χ3n) is 5.71. The first kappa shape index (κ1) is 17.1. The van der Waals surface area contributed by atoms with Gasteiger partial charge in [-0.1, -0.05) is 36.4 Å². The highest BCUT2D eigenvalue weighted by atomic mass is 19.1. The van der Waals surface area contributed by atoms with Gasteiger partial charge in [-0.2, -0.15) is 0 Å². The predicted octanol–water partition coefficient (Wildman–Crippen LogP) is 3.72. The summed E-state index contributed by atoms with van der Waals surface area (Å²) in [5.74, 6) is 0.696. The molecule has 4 heterocycles. The molecule has 30 heavy (non-hydrogen) atoms. The maximum atomic E-state index is 13.5. The van der Waals surface area contributed by atoms with Gasteiger partial charge < -0.3 is 10.2 Å². The summed E-state index contributed by atoms with van der Waals surface area (Å²) < 4.78 is 15.5. The van der Waals surface area contributed by atoms with Gasteiger partial charge in [0.2, 0.25) is 5.91 Å². The largest absolute Gasteiger partial charge is 0.348 e. The second kappa shape index (κ2) is 6.38. The minimum absolute atomic E-state index is 0.00798. The molecule has 6 rings (SSSR count). The lowest BCUT2D eigenvalue weighted by molar-refractivity contribution is -0.115. The fraction of sp³-hybridized carbons (Fsp3) is 0.174. The maximum Gasteiger partial charge on any atom is 0.228 e. The fourth-order valence-corrected chi connectivity index (χ4v) is 4.23. The minimum Gasteiger partial charge on any atom is -0.348 e. The van der Waals surface area contributed by atoms with E-state index in [0.717, 1.165) is 33.8 Å². The Morgan fingerprint density at radius 2 is 1.90 bits per heavy atom. The summed E-state index contributed by atoms with van der Waals surface area (Å²) >= 11 is 0. The molecule has 2 aromatic carbocycles. The molecule has 0 spiro atoms. The first-order valence-corrected chi connectivity index (χ1v) is 9.92. The van der Waals surface area contributed by atoms with Crippen LogP contribution in [-0.4, -0.2) is 39.5 Å². The first-order chi connectivity index (χ1) is 14.7. The second-order valence-corrected chi connectivity index (χ2v) is 7.72. The molecule has 0 bridgehead atoms. The van der Waals surface area contributed by atoms with Crippen LogP contribution in [0.5, 0.6) is 0 Å². The topological polar surface area (TPSA) is 62.5 Å². The SMILES string of the molecule is O=C1Cc2cc(-c3c(-c4ccccc4)nc4c(N5CC(F)C5)nccn34)ccc2N1. The summed E-state index contributed by atoms with van der Waals surface area (Å²) in [6.07, 6.45) is 3.17. The molecule has 6 nitrogen and oxygen atoms in total. The molecule has 148 valence electrons. The summed E-state index contributed by atoms with van der Waals surface area (Å²) in [6, 6.07) is 16.0. The van der Waals surface area contributed by atoms with Crippen molar-refractivity contribution in [1.29, 1.82) is 0 Å². The van der Waals surface area contributed by atoms with Crippen molar-refractivity contribution in [1.82, 2.24) is 14.4 Å². The standard InChI is InChI=1S/C23H18FN5O/c24-17-12-28(13-17)22-23-27-20(14-4-2-1-3-5-14)21(29(23)9-8-25-22)15-6-7-18-16(10-15)11-19(30)26-18/h1-10,17H,11-13H2,(H,26,30). The lowest BCUT2D eigenvalue weighted by Gasteiger charge is -2.35. The third-order valence-corrected chi connectivity index (χ3v) is 5.71. The number of carbonyl (C=O) groups excluding carboxylic acids is 1. The molecule has 2 aromatic heterocycles. The molecule has 0 radical (unpaired) electrons. The van der Waals surface area contributed by atoms with Gasteiger partial charge in [-0.25, -0.2) is 14.4 Å². The Bertz CT molecular complexity index is 1290. The van der Waals surface area contributed by atoms with E-state index in [1.54, 1.807) is 6.20 Å². The molecule has 0 atom stereocenters. The number of anilines is 2. The van der Waals surface area contributed by atoms with Crippen molar-refractivity contribution in [2.24, 2.45) is 0 Å². The van der Waals surface area contributed by atoms with Gasteiger partial charge in [0.1, 0.15) is 6.17 Å². The van der Waals surface area contributed by atoms with Crippen LogP contribution in [0.4, 0.5) is 15.9 Å². The number of fused-ring (bicyclic) bond motifs is 2. The van der Waals surface area contributed by atoms with Crippen molar-refractivity contribution in [2.45, 2.75) is 12.6 Å². The van der Waals surface area contributed by atoms with Crippen molar-refractivity contribution in [3.05, 3.63) is 66.5 Å². The zero-order valence-corrected chi connectivity index (χ0v) is 16.0. The molecule has 0 unspecified atom stereocenters. The van der Waals surface area contributed by atoms with Crippen LogP contribution in [0.1, 0.15) is 5.56 Å². The highest BCUT2D eigenvalue weighted by Gasteiger charge is 2.30. The highest BCUT2D eigenvalue weighted by Crippen LogP contribution is 2.37. The Labute approximate surface area is 172 Å². The lowest BCUT2D eigenvalue weighted by atomic mass is 10.0. The Morgan fingerprint density at radius 1 is 1.07 bits per heavy atom. The van der Waals surface area contributed by atoms with Crippen LogP contribution < -0.4 is 10.2 Å². The quantitative estimate of drug-likeness (QED) is 0.570. The number of rotatable bonds is 3. The average Bonchev–Trinajstić information content (AvgIpc) is 3.31. The van der Waals surface area contributed by atoms with E-state index in [2.05, 4.69) is 10.3 Å². The number of nitrogens with zero attached hydrogens (tertiary/aromatic N) is 4. The third kappa shape index (κ3) is 2.58. The molecule has 7 heteroatoms. The molecule has 2 aliphatic heterocycles. The van der Waals surface area contributed by atoms with Crippen molar-refractivity contribution < 1.29 is 9.18 Å². The number of hydrogen-bond acceptors (Lipinski definition) is 4. The Kier molecular flexibility index (Phi) is 3.65. The molecule has 2 aliphatic rings. The van der Waals surface area contributed by atoms with E-state index < -0.39 is 6.17 Å². The maximum absolute atomic E-state index is 13.5. The first-order valence-electron chi connectivity index (χ1n) is 9.92. The highest BCUT2D eigenvalue weighted by molar-refractivity contribution is 6.00. The van der Waals surface area contributed by atoms with Crippen LogP contribution in [0.2, 0.25) is 0 Å². The van der Waals surface area contributed by atoms with Crippen LogP contribution in [0.15, 0.2) is 60.9 Å². The molecular weight excluding hydrogens is 381 g/mol. The van der Waals surface area contributed by atoms with Gasteiger partial charge in [0.15, 0.2) is 11.5 Å². The van der Waals surface area contributed by atoms with E-state index in [4.69, 9.17) is 4.98 Å². The van der Waals surface area contributed by atoms with Gasteiger partial charge in [0, 0.05) is 29.2 Å². The van der Waals surface area contributed by atoms with Crippen molar-refractivity contribution in [2.75, 3.05) is 23.3 Å². The average molecular weight is 399 g/mol. The molecule has 0 aliphatic carbocycles. The van der Waals surface area contributed by atoms with Crippen molar-refractivity contribution in [3.8, 4) is 22.5 Å². The second-order valence-electron chi connectivity index (χ2n) is 7.72. The minimum atomic E-state index is -0.822. The number of benzene rings is 2. The number of nitrogens with one attached hydrogen (secondary N) is 1. The van der Waals surface area contributed by atoms with Gasteiger partial charge in [0.05, 0.1) is 30.9 Å². The zero-order valence-electron chi connectivity index (χ0n) is 16.0. The van der Waals surface area contributed by atoms with Gasteiger partial charge in [-0.15, -0.1) is 0 Å². The number of aromatic nitrogens is 3. The van der Waals surface area contributed by atoms with E-state index in [1.165, 1.54) is 0 Å². The predicted molar refractivity (Wildman–Crippen MR) is 113 cm³/mol. The molecule has 0 saturated carbocycles. The van der Waals surface area contributed by atoms with Gasteiger partial charge in [-0.3, -0.25) is 9.20 Å². The number of imidazole rings is 1. The summed E-state index contributed by atoms with van der Waals surface area (Å²) in [7, 11) is 0. The summed E-state index contributed by atoms with van der Waals surface area (Å²) in [5, 5.41) is 2.88. The van der Waals surface area contributed by atoms with Crippen LogP contribution in [-0.2, 0) is 11.2 Å². The van der Waals surface area contributed by atoms with E-state index in [9.17, 15) is 9.18 Å². The zero-order chi connectivity index (χ0) is 20.2. The number of carbonyl (C=O) groups is 1. The number of hydrogen-bond donors (Lipinski definition) is 1. The van der Waals surface area contributed by atoms with E-state index in [0.29, 0.717) is 31.0 Å². The summed E-state index contributed by atoms with van der Waals surface area (Å²) in [5.41, 5.74) is 6.26. The molecular formula is C23H18FN5O. The Morgan fingerprint density at radius 3 is 2.70 bits per heavy atom. The smallest absolute Gasteiger partial charge is 0.228 e. The number of alkyl halides is 1. The Hall–Kier alpha value is -3.74. The monoisotopic (exact) mass is 399 g/mol. The van der Waals surface area contributed by atoms with E-state index in [-0.39, 0.29) is 5.91 Å². The molecule has 1 fully saturated rings. The molecule has 1 saturated heterocycles. The van der Waals surface area contributed by atoms with Gasteiger partial charge in [-0.05, 0) is 17.7 Å². The molecule has 1 amide bonds.